The molecule has 2 rings (SSSR count). The maximum absolute atomic E-state index is 11.9. The van der Waals surface area contributed by atoms with E-state index in [1.54, 1.807) is 0 Å². The Morgan fingerprint density at radius 1 is 1.52 bits per heavy atom. The quantitative estimate of drug-likeness (QED) is 0.649. The number of ether oxygens (including phenoxy) is 1. The Hall–Kier alpha value is -2.15. The first kappa shape index (κ1) is 15.2. The van der Waals surface area contributed by atoms with Crippen molar-refractivity contribution in [1.29, 1.82) is 0 Å². The number of terminal acetylenes is 1. The molecular weight excluding hydrogens is 264 g/mol. The third kappa shape index (κ3) is 3.49. The Morgan fingerprint density at radius 3 is 2.86 bits per heavy atom. The van der Waals surface area contributed by atoms with Gasteiger partial charge < -0.3 is 15.8 Å². The highest BCUT2D eigenvalue weighted by atomic mass is 16.6. The number of anilines is 1. The topological polar surface area (TPSA) is 64.3 Å². The smallest absolute Gasteiger partial charge is 0.408 e. The largest absolute Gasteiger partial charge is 0.444 e. The van der Waals surface area contributed by atoms with Crippen LogP contribution in [0, 0.1) is 12.3 Å². The SMILES string of the molecule is C#CC(NC(=O)OC(C)(C)C)C1CCc2c(N)cccc21. The van der Waals surface area contributed by atoms with Crippen molar-refractivity contribution in [3.8, 4) is 12.3 Å². The molecule has 0 bridgehead atoms. The van der Waals surface area contributed by atoms with Crippen LogP contribution in [0.2, 0.25) is 0 Å². The molecule has 1 aromatic rings. The van der Waals surface area contributed by atoms with Crippen LogP contribution < -0.4 is 11.1 Å². The van der Waals surface area contributed by atoms with Gasteiger partial charge in [-0.2, -0.15) is 0 Å². The zero-order valence-corrected chi connectivity index (χ0v) is 12.8. The summed E-state index contributed by atoms with van der Waals surface area (Å²) in [7, 11) is 0. The first-order valence-corrected chi connectivity index (χ1v) is 7.14. The van der Waals surface area contributed by atoms with Gasteiger partial charge in [-0.15, -0.1) is 6.42 Å². The molecule has 2 unspecified atom stereocenters. The molecule has 0 spiro atoms. The molecule has 2 atom stereocenters. The molecule has 0 aliphatic heterocycles. The minimum absolute atomic E-state index is 0.0843. The number of nitrogens with one attached hydrogen (secondary N) is 1. The van der Waals surface area contributed by atoms with Gasteiger partial charge in [-0.1, -0.05) is 18.1 Å². The van der Waals surface area contributed by atoms with Gasteiger partial charge in [-0.05, 0) is 50.8 Å². The van der Waals surface area contributed by atoms with Crippen molar-refractivity contribution in [3.63, 3.8) is 0 Å². The molecule has 4 heteroatoms. The Kier molecular flexibility index (Phi) is 4.13. The lowest BCUT2D eigenvalue weighted by Gasteiger charge is -2.24. The number of rotatable bonds is 2. The number of amides is 1. The number of benzene rings is 1. The minimum Gasteiger partial charge on any atom is -0.444 e. The molecule has 4 nitrogen and oxygen atoms in total. The summed E-state index contributed by atoms with van der Waals surface area (Å²) in [6, 6.07) is 5.47. The number of hydrogen-bond acceptors (Lipinski definition) is 3. The van der Waals surface area contributed by atoms with Crippen molar-refractivity contribution in [2.24, 2.45) is 0 Å². The molecular formula is C17H22N2O2. The molecule has 1 aromatic carbocycles. The van der Waals surface area contributed by atoms with E-state index in [2.05, 4.69) is 11.2 Å². The molecule has 112 valence electrons. The monoisotopic (exact) mass is 286 g/mol. The Morgan fingerprint density at radius 2 is 2.24 bits per heavy atom. The average Bonchev–Trinajstić information content (AvgIpc) is 2.79. The summed E-state index contributed by atoms with van der Waals surface area (Å²) < 4.78 is 5.27. The molecule has 0 saturated heterocycles. The number of fused-ring (bicyclic) bond motifs is 1. The number of carbonyl (C=O) groups is 1. The summed E-state index contributed by atoms with van der Waals surface area (Å²) in [5.74, 6) is 2.75. The standard InChI is InChI=1S/C17H22N2O2/c1-5-15(19-16(20)21-17(2,3)4)13-10-9-12-11(13)7-6-8-14(12)18/h1,6-8,13,15H,9-10,18H2,2-4H3,(H,19,20). The van der Waals surface area contributed by atoms with Gasteiger partial charge in [0.25, 0.3) is 0 Å². The fourth-order valence-electron chi connectivity index (χ4n) is 2.75. The second kappa shape index (κ2) is 5.69. The van der Waals surface area contributed by atoms with Crippen LogP contribution in [0.4, 0.5) is 10.5 Å². The van der Waals surface area contributed by atoms with Gasteiger partial charge in [-0.3, -0.25) is 0 Å². The summed E-state index contributed by atoms with van der Waals surface area (Å²) in [5, 5.41) is 2.79. The van der Waals surface area contributed by atoms with Gasteiger partial charge in [0.15, 0.2) is 0 Å². The molecule has 0 fully saturated rings. The highest BCUT2D eigenvalue weighted by Crippen LogP contribution is 2.38. The third-order valence-corrected chi connectivity index (χ3v) is 3.61. The zero-order valence-electron chi connectivity index (χ0n) is 12.8. The fourth-order valence-corrected chi connectivity index (χ4v) is 2.75. The lowest BCUT2D eigenvalue weighted by Crippen LogP contribution is -2.41. The Labute approximate surface area is 126 Å². The van der Waals surface area contributed by atoms with Crippen LogP contribution in [0.5, 0.6) is 0 Å². The van der Waals surface area contributed by atoms with E-state index in [-0.39, 0.29) is 12.0 Å². The van der Waals surface area contributed by atoms with E-state index in [4.69, 9.17) is 16.9 Å². The summed E-state index contributed by atoms with van der Waals surface area (Å²) in [6.45, 7) is 5.47. The summed E-state index contributed by atoms with van der Waals surface area (Å²) in [5.41, 5.74) is 8.53. The molecule has 1 aliphatic rings. The van der Waals surface area contributed by atoms with Gasteiger partial charge in [-0.25, -0.2) is 4.79 Å². The van der Waals surface area contributed by atoms with E-state index in [9.17, 15) is 4.79 Å². The maximum atomic E-state index is 11.9. The van der Waals surface area contributed by atoms with E-state index in [1.807, 2.05) is 39.0 Å². The lowest BCUT2D eigenvalue weighted by atomic mass is 9.93. The van der Waals surface area contributed by atoms with Crippen LogP contribution in [0.15, 0.2) is 18.2 Å². The van der Waals surface area contributed by atoms with E-state index >= 15 is 0 Å². The van der Waals surface area contributed by atoms with E-state index < -0.39 is 11.7 Å². The van der Waals surface area contributed by atoms with Gasteiger partial charge in [0, 0.05) is 11.6 Å². The van der Waals surface area contributed by atoms with Crippen molar-refractivity contribution in [3.05, 3.63) is 29.3 Å². The van der Waals surface area contributed by atoms with Gasteiger partial charge >= 0.3 is 6.09 Å². The third-order valence-electron chi connectivity index (χ3n) is 3.61. The predicted molar refractivity (Wildman–Crippen MR) is 83.9 cm³/mol. The summed E-state index contributed by atoms with van der Waals surface area (Å²) in [4.78, 5) is 11.9. The molecule has 0 heterocycles. The number of hydrogen-bond donors (Lipinski definition) is 2. The fraction of sp³-hybridized carbons (Fsp3) is 0.471. The van der Waals surface area contributed by atoms with Gasteiger partial charge in [0.05, 0.1) is 0 Å². The summed E-state index contributed by atoms with van der Waals surface area (Å²) >= 11 is 0. The highest BCUT2D eigenvalue weighted by molar-refractivity contribution is 5.69. The second-order valence-corrected chi connectivity index (χ2v) is 6.35. The van der Waals surface area contributed by atoms with Crippen molar-refractivity contribution < 1.29 is 9.53 Å². The maximum Gasteiger partial charge on any atom is 0.408 e. The number of nitrogens with two attached hydrogens (primary N) is 1. The van der Waals surface area contributed by atoms with Crippen molar-refractivity contribution in [1.82, 2.24) is 5.32 Å². The normalized spacial score (nSPS) is 18.5. The second-order valence-electron chi connectivity index (χ2n) is 6.35. The average molecular weight is 286 g/mol. The van der Waals surface area contributed by atoms with Crippen LogP contribution in [0.3, 0.4) is 0 Å². The van der Waals surface area contributed by atoms with Crippen molar-refractivity contribution in [2.45, 2.75) is 51.2 Å². The molecule has 0 saturated carbocycles. The molecule has 0 radical (unpaired) electrons. The van der Waals surface area contributed by atoms with Gasteiger partial charge in [0.2, 0.25) is 0 Å². The van der Waals surface area contributed by atoms with E-state index in [0.717, 1.165) is 29.7 Å². The first-order chi connectivity index (χ1) is 9.81. The van der Waals surface area contributed by atoms with Gasteiger partial charge in [0.1, 0.15) is 11.6 Å². The molecule has 21 heavy (non-hydrogen) atoms. The minimum atomic E-state index is -0.540. The van der Waals surface area contributed by atoms with Crippen LogP contribution in [-0.2, 0) is 11.2 Å². The van der Waals surface area contributed by atoms with Crippen LogP contribution in [0.1, 0.15) is 44.2 Å². The molecule has 0 aromatic heterocycles. The number of carbonyl (C=O) groups excluding carboxylic acids is 1. The lowest BCUT2D eigenvalue weighted by molar-refractivity contribution is 0.0510. The van der Waals surface area contributed by atoms with Crippen LogP contribution in [-0.4, -0.2) is 17.7 Å². The van der Waals surface area contributed by atoms with Crippen LogP contribution >= 0.6 is 0 Å². The highest BCUT2D eigenvalue weighted by Gasteiger charge is 2.31. The molecule has 1 aliphatic carbocycles. The molecule has 3 N–H and O–H groups in total. The Bertz CT molecular complexity index is 581. The predicted octanol–water partition coefficient (Wildman–Crippen LogP) is 2.83. The number of alkyl carbamates (subject to hydrolysis) is 1. The summed E-state index contributed by atoms with van der Waals surface area (Å²) in [6.07, 6.45) is 6.90. The van der Waals surface area contributed by atoms with Crippen LogP contribution in [0.25, 0.3) is 0 Å². The van der Waals surface area contributed by atoms with Crippen molar-refractivity contribution >= 4 is 11.8 Å². The Balaban J connectivity index is 2.13. The van der Waals surface area contributed by atoms with E-state index in [1.165, 1.54) is 0 Å². The molecule has 1 amide bonds. The number of nitrogen functional groups attached to an aromatic ring is 1. The van der Waals surface area contributed by atoms with Crippen molar-refractivity contribution in [2.75, 3.05) is 5.73 Å². The zero-order chi connectivity index (χ0) is 15.6. The first-order valence-electron chi connectivity index (χ1n) is 7.14. The van der Waals surface area contributed by atoms with E-state index in [0.29, 0.717) is 0 Å².